The molecule has 0 heterocycles. The Hall–Kier alpha value is -2.38. The average Bonchev–Trinajstić information content (AvgIpc) is 2.46. The molecule has 0 aliphatic rings. The fraction of sp³-hybridized carbons (Fsp3) is 0.235. The van der Waals surface area contributed by atoms with Gasteiger partial charge in [0, 0.05) is 18.2 Å². The number of nitrogens with two attached hydrogens (primary N) is 1. The van der Waals surface area contributed by atoms with E-state index in [1.807, 2.05) is 0 Å². The Bertz CT molecular complexity index is 740. The molecule has 3 N–H and O–H groups in total. The summed E-state index contributed by atoms with van der Waals surface area (Å²) >= 11 is 0. The zero-order chi connectivity index (χ0) is 17.9. The van der Waals surface area contributed by atoms with Crippen molar-refractivity contribution in [1.82, 2.24) is 4.90 Å². The molecule has 128 valence electrons. The van der Waals surface area contributed by atoms with E-state index < -0.39 is 35.5 Å². The highest BCUT2D eigenvalue weighted by atomic mass is 19.1. The molecular weight excluding hydrogens is 321 g/mol. The van der Waals surface area contributed by atoms with Crippen LogP contribution in [0, 0.1) is 17.5 Å². The number of primary amides is 1. The largest absolute Gasteiger partial charge is 0.387 e. The number of benzene rings is 2. The van der Waals surface area contributed by atoms with Gasteiger partial charge in [-0.05, 0) is 30.8 Å². The predicted molar refractivity (Wildman–Crippen MR) is 82.3 cm³/mol. The number of amides is 1. The van der Waals surface area contributed by atoms with Crippen LogP contribution in [0.1, 0.15) is 23.3 Å². The number of hydrogen-bond donors (Lipinski definition) is 2. The van der Waals surface area contributed by atoms with Gasteiger partial charge < -0.3 is 10.8 Å². The zero-order valence-electron chi connectivity index (χ0n) is 12.9. The summed E-state index contributed by atoms with van der Waals surface area (Å²) in [7, 11) is 1.49. The summed E-state index contributed by atoms with van der Waals surface area (Å²) in [6.45, 7) is -0.160. The van der Waals surface area contributed by atoms with E-state index in [9.17, 15) is 23.1 Å². The van der Waals surface area contributed by atoms with Crippen molar-refractivity contribution in [2.24, 2.45) is 5.73 Å². The molecule has 2 aromatic carbocycles. The molecule has 2 unspecified atom stereocenters. The number of halogens is 3. The second kappa shape index (κ2) is 7.46. The molecule has 0 saturated carbocycles. The van der Waals surface area contributed by atoms with Crippen LogP contribution in [0.3, 0.4) is 0 Å². The van der Waals surface area contributed by atoms with E-state index in [0.717, 1.165) is 18.2 Å². The van der Waals surface area contributed by atoms with Crippen molar-refractivity contribution in [3.05, 3.63) is 71.0 Å². The van der Waals surface area contributed by atoms with Crippen molar-refractivity contribution in [2.75, 3.05) is 13.6 Å². The molecule has 4 nitrogen and oxygen atoms in total. The predicted octanol–water partition coefficient (Wildman–Crippen LogP) is 2.30. The first-order valence-corrected chi connectivity index (χ1v) is 7.17. The number of hydrogen-bond acceptors (Lipinski definition) is 3. The number of aliphatic hydroxyl groups is 1. The van der Waals surface area contributed by atoms with Crippen molar-refractivity contribution in [2.45, 2.75) is 12.1 Å². The van der Waals surface area contributed by atoms with Gasteiger partial charge in [-0.25, -0.2) is 13.2 Å². The van der Waals surface area contributed by atoms with E-state index in [0.29, 0.717) is 11.6 Å². The molecule has 2 atom stereocenters. The quantitative estimate of drug-likeness (QED) is 0.849. The second-order valence-corrected chi connectivity index (χ2v) is 5.48. The van der Waals surface area contributed by atoms with E-state index in [1.165, 1.54) is 30.1 Å². The van der Waals surface area contributed by atoms with Gasteiger partial charge >= 0.3 is 0 Å². The minimum absolute atomic E-state index is 0.106. The SMILES string of the molecule is CN(CC(O)c1ccc(F)cc1F)C(C(N)=O)c1cccc(F)c1. The van der Waals surface area contributed by atoms with Gasteiger partial charge in [0.05, 0.1) is 6.10 Å². The van der Waals surface area contributed by atoms with Crippen LogP contribution < -0.4 is 5.73 Å². The highest BCUT2D eigenvalue weighted by Gasteiger charge is 2.26. The Morgan fingerprint density at radius 1 is 1.17 bits per heavy atom. The lowest BCUT2D eigenvalue weighted by Crippen LogP contribution is -2.37. The Morgan fingerprint density at radius 3 is 2.42 bits per heavy atom. The number of carbonyl (C=O) groups is 1. The average molecular weight is 338 g/mol. The second-order valence-electron chi connectivity index (χ2n) is 5.48. The Labute approximate surface area is 137 Å². The molecule has 7 heteroatoms. The normalized spacial score (nSPS) is 13.8. The van der Waals surface area contributed by atoms with Gasteiger partial charge in [-0.1, -0.05) is 18.2 Å². The molecule has 24 heavy (non-hydrogen) atoms. The maximum absolute atomic E-state index is 13.7. The van der Waals surface area contributed by atoms with Crippen LogP contribution in [0.4, 0.5) is 13.2 Å². The van der Waals surface area contributed by atoms with Gasteiger partial charge in [-0.3, -0.25) is 9.69 Å². The molecule has 0 spiro atoms. The van der Waals surface area contributed by atoms with E-state index >= 15 is 0 Å². The minimum atomic E-state index is -1.31. The fourth-order valence-corrected chi connectivity index (χ4v) is 2.56. The smallest absolute Gasteiger partial charge is 0.239 e. The summed E-state index contributed by atoms with van der Waals surface area (Å²) in [5, 5.41) is 10.2. The van der Waals surface area contributed by atoms with Gasteiger partial charge in [0.15, 0.2) is 0 Å². The van der Waals surface area contributed by atoms with Gasteiger partial charge in [0.25, 0.3) is 0 Å². The zero-order valence-corrected chi connectivity index (χ0v) is 12.9. The Kier molecular flexibility index (Phi) is 5.58. The van der Waals surface area contributed by atoms with Crippen LogP contribution in [-0.2, 0) is 4.79 Å². The molecule has 0 aliphatic heterocycles. The third-order valence-corrected chi connectivity index (χ3v) is 3.66. The first-order valence-electron chi connectivity index (χ1n) is 7.17. The van der Waals surface area contributed by atoms with Crippen molar-refractivity contribution in [3.63, 3.8) is 0 Å². The van der Waals surface area contributed by atoms with E-state index in [4.69, 9.17) is 5.73 Å². The highest BCUT2D eigenvalue weighted by Crippen LogP contribution is 2.24. The minimum Gasteiger partial charge on any atom is -0.387 e. The molecule has 0 fully saturated rings. The lowest BCUT2D eigenvalue weighted by molar-refractivity contribution is -0.123. The summed E-state index contributed by atoms with van der Waals surface area (Å²) in [5.74, 6) is -2.92. The molecule has 2 rings (SSSR count). The molecule has 0 bridgehead atoms. The number of likely N-dealkylation sites (N-methyl/N-ethyl adjacent to an activating group) is 1. The molecule has 2 aromatic rings. The third-order valence-electron chi connectivity index (χ3n) is 3.66. The van der Waals surface area contributed by atoms with Crippen LogP contribution in [0.25, 0.3) is 0 Å². The number of nitrogens with zero attached hydrogens (tertiary/aromatic N) is 1. The standard InChI is InChI=1S/C17H17F3N2O2/c1-22(9-15(23)13-6-5-12(19)8-14(13)20)16(17(21)24)10-3-2-4-11(18)7-10/h2-8,15-16,23H,9H2,1H3,(H2,21,24). The number of rotatable bonds is 6. The first-order chi connectivity index (χ1) is 11.3. The topological polar surface area (TPSA) is 66.6 Å². The summed E-state index contributed by atoms with van der Waals surface area (Å²) in [6.07, 6.45) is -1.31. The van der Waals surface area contributed by atoms with Crippen molar-refractivity contribution in [1.29, 1.82) is 0 Å². The van der Waals surface area contributed by atoms with Crippen LogP contribution in [-0.4, -0.2) is 29.5 Å². The van der Waals surface area contributed by atoms with Gasteiger partial charge in [0.1, 0.15) is 23.5 Å². The number of aliphatic hydroxyl groups excluding tert-OH is 1. The third kappa shape index (κ3) is 4.12. The van der Waals surface area contributed by atoms with Gasteiger partial charge in [-0.15, -0.1) is 0 Å². The van der Waals surface area contributed by atoms with Crippen molar-refractivity contribution in [3.8, 4) is 0 Å². The Balaban J connectivity index is 2.21. The van der Waals surface area contributed by atoms with Crippen molar-refractivity contribution >= 4 is 5.91 Å². The highest BCUT2D eigenvalue weighted by molar-refractivity contribution is 5.81. The van der Waals surface area contributed by atoms with Crippen LogP contribution in [0.2, 0.25) is 0 Å². The maximum Gasteiger partial charge on any atom is 0.239 e. The van der Waals surface area contributed by atoms with E-state index in [2.05, 4.69) is 0 Å². The summed E-state index contributed by atoms with van der Waals surface area (Å²) in [6, 6.07) is 7.17. The molecular formula is C17H17F3N2O2. The summed E-state index contributed by atoms with van der Waals surface area (Å²) in [4.78, 5) is 13.1. The van der Waals surface area contributed by atoms with Gasteiger partial charge in [0.2, 0.25) is 5.91 Å². The van der Waals surface area contributed by atoms with Crippen molar-refractivity contribution < 1.29 is 23.1 Å². The molecule has 0 radical (unpaired) electrons. The fourth-order valence-electron chi connectivity index (χ4n) is 2.56. The molecule has 0 aromatic heterocycles. The monoisotopic (exact) mass is 338 g/mol. The van der Waals surface area contributed by atoms with Crippen LogP contribution in [0.5, 0.6) is 0 Å². The molecule has 0 saturated heterocycles. The van der Waals surface area contributed by atoms with E-state index in [-0.39, 0.29) is 12.1 Å². The molecule has 1 amide bonds. The van der Waals surface area contributed by atoms with E-state index in [1.54, 1.807) is 0 Å². The summed E-state index contributed by atoms with van der Waals surface area (Å²) < 4.78 is 40.0. The lowest BCUT2D eigenvalue weighted by Gasteiger charge is -2.28. The maximum atomic E-state index is 13.7. The Morgan fingerprint density at radius 2 is 1.83 bits per heavy atom. The molecule has 0 aliphatic carbocycles. The number of carbonyl (C=O) groups excluding carboxylic acids is 1. The van der Waals surface area contributed by atoms with Crippen LogP contribution in [0.15, 0.2) is 42.5 Å². The first kappa shape index (κ1) is 18.0. The van der Waals surface area contributed by atoms with Gasteiger partial charge in [-0.2, -0.15) is 0 Å². The summed E-state index contributed by atoms with van der Waals surface area (Å²) in [5.41, 5.74) is 5.59. The lowest BCUT2D eigenvalue weighted by atomic mass is 10.0. The van der Waals surface area contributed by atoms with Crippen LogP contribution >= 0.6 is 0 Å².